The first-order valence-electron chi connectivity index (χ1n) is 23.7. The number of hydrogen-bond acceptors (Lipinski definition) is 2. The molecule has 11 aromatic carbocycles. The van der Waals surface area contributed by atoms with Crippen molar-refractivity contribution in [3.63, 3.8) is 0 Å². The van der Waals surface area contributed by atoms with E-state index in [2.05, 4.69) is 277 Å². The van der Waals surface area contributed by atoms with Gasteiger partial charge in [-0.15, -0.1) is 0 Å². The Morgan fingerprint density at radius 2 is 0.912 bits per heavy atom. The van der Waals surface area contributed by atoms with Crippen LogP contribution in [0.25, 0.3) is 71.3 Å². The second kappa shape index (κ2) is 16.6. The Bertz CT molecular complexity index is 3680. The van der Waals surface area contributed by atoms with Crippen LogP contribution >= 0.6 is 0 Å². The fourth-order valence-corrected chi connectivity index (χ4v) is 11.1. The van der Waals surface area contributed by atoms with E-state index in [4.69, 9.17) is 0 Å². The van der Waals surface area contributed by atoms with Gasteiger partial charge in [0.2, 0.25) is 0 Å². The van der Waals surface area contributed by atoms with Crippen molar-refractivity contribution in [1.82, 2.24) is 0 Å². The summed E-state index contributed by atoms with van der Waals surface area (Å²) in [4.78, 5) is 5.02. The molecule has 0 amide bonds. The zero-order valence-electron chi connectivity index (χ0n) is 37.5. The van der Waals surface area contributed by atoms with Crippen molar-refractivity contribution in [3.8, 4) is 33.4 Å². The summed E-state index contributed by atoms with van der Waals surface area (Å²) >= 11 is 0. The molecule has 0 saturated heterocycles. The second-order valence-electron chi connectivity index (χ2n) is 18.0. The zero-order valence-corrected chi connectivity index (χ0v) is 37.5. The van der Waals surface area contributed by atoms with Crippen LogP contribution in [0.5, 0.6) is 0 Å². The number of para-hydroxylation sites is 1. The van der Waals surface area contributed by atoms with Gasteiger partial charge in [-0.25, -0.2) is 0 Å². The lowest BCUT2D eigenvalue weighted by Gasteiger charge is -2.32. The van der Waals surface area contributed by atoms with E-state index in [-0.39, 0.29) is 12.0 Å². The van der Waals surface area contributed by atoms with E-state index in [0.29, 0.717) is 0 Å². The fraction of sp³-hybridized carbons (Fsp3) is 0.0303. The monoisotopic (exact) mass is 866 g/mol. The zero-order chi connectivity index (χ0) is 45.0. The summed E-state index contributed by atoms with van der Waals surface area (Å²) in [5.41, 5.74) is 16.9. The molecule has 2 nitrogen and oxygen atoms in total. The van der Waals surface area contributed by atoms with Gasteiger partial charge in [-0.05, 0) is 144 Å². The molecule has 320 valence electrons. The lowest BCUT2D eigenvalue weighted by Crippen LogP contribution is -2.30. The number of rotatable bonds is 8. The molecule has 1 aliphatic heterocycles. The average molecular weight is 867 g/mol. The summed E-state index contributed by atoms with van der Waals surface area (Å²) in [5, 5.41) is 7.49. The summed E-state index contributed by atoms with van der Waals surface area (Å²) in [5.74, 6) is 0.123. The molecule has 1 heterocycles. The molecule has 0 spiro atoms. The van der Waals surface area contributed by atoms with Crippen LogP contribution in [-0.2, 0) is 0 Å². The quantitative estimate of drug-likeness (QED) is 0.140. The normalized spacial score (nSPS) is 15.1. The number of anilines is 5. The van der Waals surface area contributed by atoms with E-state index in [0.717, 1.165) is 17.1 Å². The molecule has 2 atom stereocenters. The minimum absolute atomic E-state index is 0.123. The van der Waals surface area contributed by atoms with E-state index in [9.17, 15) is 0 Å². The van der Waals surface area contributed by atoms with Crippen LogP contribution in [0.3, 0.4) is 0 Å². The molecule has 0 radical (unpaired) electrons. The summed E-state index contributed by atoms with van der Waals surface area (Å²) in [6, 6.07) is 91.4. The molecule has 68 heavy (non-hydrogen) atoms. The van der Waals surface area contributed by atoms with Crippen molar-refractivity contribution in [1.29, 1.82) is 0 Å². The third-order valence-electron chi connectivity index (χ3n) is 14.1. The summed E-state index contributed by atoms with van der Waals surface area (Å²) < 4.78 is 0. The molecule has 2 unspecified atom stereocenters. The van der Waals surface area contributed by atoms with Crippen molar-refractivity contribution in [2.24, 2.45) is 0 Å². The van der Waals surface area contributed by atoms with Gasteiger partial charge in [0, 0.05) is 34.1 Å². The lowest BCUT2D eigenvalue weighted by atomic mass is 9.79. The lowest BCUT2D eigenvalue weighted by molar-refractivity contribution is 0.761. The predicted molar refractivity (Wildman–Crippen MR) is 289 cm³/mol. The number of hydrogen-bond donors (Lipinski definition) is 0. The first-order valence-corrected chi connectivity index (χ1v) is 23.7. The van der Waals surface area contributed by atoms with Crippen LogP contribution in [0.15, 0.2) is 267 Å². The Morgan fingerprint density at radius 3 is 1.60 bits per heavy atom. The Labute approximate surface area is 397 Å². The van der Waals surface area contributed by atoms with Crippen LogP contribution in [0, 0.1) is 0 Å². The summed E-state index contributed by atoms with van der Waals surface area (Å²) in [7, 11) is 0. The average Bonchev–Trinajstić information content (AvgIpc) is 3.77. The molecule has 2 aliphatic rings. The molecule has 11 aromatic rings. The third kappa shape index (κ3) is 6.81. The van der Waals surface area contributed by atoms with Crippen LogP contribution in [0.2, 0.25) is 0 Å². The summed E-state index contributed by atoms with van der Waals surface area (Å²) in [6.07, 6.45) is 7.03. The standard InChI is InChI=1S/C66H46N2/c1-4-18-45(19-5-1)51-40-52(46-20-6-2-7-21-46)42-53(41-51)47-34-37-55(38-35-47)67(64-44-50-23-11-12-28-57(50)60-30-14-15-31-61(60)64)56-27-16-24-49(43-56)59-32-17-33-62-66(59)65-58-29-13-10-22-48(58)36-39-63(65)68(62)54-25-8-3-9-26-54/h1-44,62,66H. The Hall–Kier alpha value is -8.72. The molecular weight excluding hydrogens is 821 g/mol. The van der Waals surface area contributed by atoms with Crippen molar-refractivity contribution in [2.45, 2.75) is 12.0 Å². The van der Waals surface area contributed by atoms with E-state index in [1.165, 1.54) is 93.8 Å². The minimum atomic E-state index is 0.123. The maximum absolute atomic E-state index is 2.55. The SMILES string of the molecule is C1=CC2C(C(c3cccc(N(c4ccc(-c5cc(-c6ccccc6)cc(-c6ccccc6)c5)cc4)c4cc5ccccc5c5ccccc45)c3)=C1)c1c(ccc3ccccc13)N2c1ccccc1. The van der Waals surface area contributed by atoms with Gasteiger partial charge < -0.3 is 9.80 Å². The maximum atomic E-state index is 2.55. The fourth-order valence-electron chi connectivity index (χ4n) is 11.1. The highest BCUT2D eigenvalue weighted by molar-refractivity contribution is 6.14. The highest BCUT2D eigenvalue weighted by Crippen LogP contribution is 2.55. The molecule has 0 aromatic heterocycles. The molecule has 0 saturated carbocycles. The van der Waals surface area contributed by atoms with E-state index >= 15 is 0 Å². The van der Waals surface area contributed by atoms with Gasteiger partial charge in [0.1, 0.15) is 0 Å². The van der Waals surface area contributed by atoms with Crippen LogP contribution in [0.1, 0.15) is 17.0 Å². The van der Waals surface area contributed by atoms with Gasteiger partial charge in [0.25, 0.3) is 0 Å². The van der Waals surface area contributed by atoms with Gasteiger partial charge in [-0.3, -0.25) is 0 Å². The Morgan fingerprint density at radius 1 is 0.353 bits per heavy atom. The largest absolute Gasteiger partial charge is 0.333 e. The van der Waals surface area contributed by atoms with Gasteiger partial charge in [-0.2, -0.15) is 0 Å². The highest BCUT2D eigenvalue weighted by Gasteiger charge is 2.42. The third-order valence-corrected chi connectivity index (χ3v) is 14.1. The van der Waals surface area contributed by atoms with Gasteiger partial charge >= 0.3 is 0 Å². The molecule has 1 aliphatic carbocycles. The van der Waals surface area contributed by atoms with Crippen LogP contribution in [-0.4, -0.2) is 6.04 Å². The summed E-state index contributed by atoms with van der Waals surface area (Å²) in [6.45, 7) is 0. The van der Waals surface area contributed by atoms with Crippen LogP contribution in [0.4, 0.5) is 28.4 Å². The van der Waals surface area contributed by atoms with Gasteiger partial charge in [-0.1, -0.05) is 200 Å². The molecule has 2 heteroatoms. The van der Waals surface area contributed by atoms with Crippen molar-refractivity contribution < 1.29 is 0 Å². The highest BCUT2D eigenvalue weighted by atomic mass is 15.2. The number of allylic oxidation sites excluding steroid dienone is 2. The first kappa shape index (κ1) is 39.6. The minimum Gasteiger partial charge on any atom is -0.333 e. The van der Waals surface area contributed by atoms with Crippen molar-refractivity contribution >= 4 is 66.3 Å². The molecule has 0 N–H and O–H groups in total. The number of nitrogens with zero attached hydrogens (tertiary/aromatic N) is 2. The van der Waals surface area contributed by atoms with E-state index < -0.39 is 0 Å². The maximum Gasteiger partial charge on any atom is 0.0635 e. The van der Waals surface area contributed by atoms with Gasteiger partial charge in [0.05, 0.1) is 11.7 Å². The van der Waals surface area contributed by atoms with Crippen LogP contribution < -0.4 is 9.80 Å². The number of benzene rings is 11. The van der Waals surface area contributed by atoms with Crippen molar-refractivity contribution in [3.05, 3.63) is 278 Å². The van der Waals surface area contributed by atoms with E-state index in [1.54, 1.807) is 0 Å². The second-order valence-corrected chi connectivity index (χ2v) is 18.0. The van der Waals surface area contributed by atoms with E-state index in [1.807, 2.05) is 0 Å². The van der Waals surface area contributed by atoms with Crippen molar-refractivity contribution in [2.75, 3.05) is 9.80 Å². The van der Waals surface area contributed by atoms with Gasteiger partial charge in [0.15, 0.2) is 0 Å². The number of fused-ring (bicyclic) bond motifs is 8. The first-order chi connectivity index (χ1) is 33.7. The smallest absolute Gasteiger partial charge is 0.0635 e. The molecule has 13 rings (SSSR count). The Kier molecular flexibility index (Phi) is 9.68. The predicted octanol–water partition coefficient (Wildman–Crippen LogP) is 17.9. The molecule has 0 bridgehead atoms. The Balaban J connectivity index is 0.970. The molecular formula is C66H46N2. The topological polar surface area (TPSA) is 6.48 Å². The molecule has 0 fully saturated rings.